The van der Waals surface area contributed by atoms with Crippen LogP contribution >= 0.6 is 0 Å². The molecule has 0 amide bonds. The Hall–Kier alpha value is -1.96. The van der Waals surface area contributed by atoms with Crippen LogP contribution in [0.3, 0.4) is 0 Å². The normalized spacial score (nSPS) is 11.9. The second kappa shape index (κ2) is 9.94. The average molecular weight is 312 g/mol. The van der Waals surface area contributed by atoms with Crippen LogP contribution in [0.25, 0.3) is 0 Å². The highest BCUT2D eigenvalue weighted by molar-refractivity contribution is 5.31. The van der Waals surface area contributed by atoms with Gasteiger partial charge in [0.2, 0.25) is 0 Å². The first-order valence-corrected chi connectivity index (χ1v) is 8.71. The van der Waals surface area contributed by atoms with Gasteiger partial charge in [-0.25, -0.2) is 0 Å². The molecule has 2 aromatic rings. The molecule has 0 radical (unpaired) electrons. The minimum atomic E-state index is 0.267. The van der Waals surface area contributed by atoms with Crippen LogP contribution in [0.15, 0.2) is 54.6 Å². The highest BCUT2D eigenvalue weighted by atomic mass is 16.5. The van der Waals surface area contributed by atoms with Crippen LogP contribution in [0.4, 0.5) is 0 Å². The average Bonchev–Trinajstić information content (AvgIpc) is 2.59. The summed E-state index contributed by atoms with van der Waals surface area (Å²) >= 11 is 0. The fourth-order valence-corrected chi connectivity index (χ4v) is 2.51. The van der Waals surface area contributed by atoms with E-state index in [1.165, 1.54) is 31.2 Å². The quantitative estimate of drug-likeness (QED) is 0.501. The molecule has 0 bridgehead atoms. The number of hydrogen-bond donors (Lipinski definition) is 0. The van der Waals surface area contributed by atoms with Gasteiger partial charge in [0, 0.05) is 0 Å². The van der Waals surface area contributed by atoms with E-state index in [4.69, 9.17) is 9.47 Å². The molecule has 2 aromatic carbocycles. The van der Waals surface area contributed by atoms with Crippen molar-refractivity contribution in [2.75, 3.05) is 0 Å². The lowest BCUT2D eigenvalue weighted by molar-refractivity contribution is 0.206. The maximum absolute atomic E-state index is 5.96. The summed E-state index contributed by atoms with van der Waals surface area (Å²) < 4.78 is 11.7. The van der Waals surface area contributed by atoms with Gasteiger partial charge in [0.25, 0.3) is 0 Å². The summed E-state index contributed by atoms with van der Waals surface area (Å²) in [5.74, 6) is 1.79. The third-order valence-electron chi connectivity index (χ3n) is 3.87. The molecule has 0 aliphatic carbocycles. The molecule has 124 valence electrons. The summed E-state index contributed by atoms with van der Waals surface area (Å²) in [6.07, 6.45) is 6.53. The molecule has 2 nitrogen and oxygen atoms in total. The lowest BCUT2D eigenvalue weighted by Crippen LogP contribution is -2.11. The number of ether oxygens (including phenoxy) is 2. The maximum atomic E-state index is 5.96. The van der Waals surface area contributed by atoms with Crippen molar-refractivity contribution in [2.45, 2.75) is 58.7 Å². The summed E-state index contributed by atoms with van der Waals surface area (Å²) in [6.45, 7) is 4.97. The van der Waals surface area contributed by atoms with Gasteiger partial charge in [0.1, 0.15) is 18.1 Å². The van der Waals surface area contributed by atoms with Crippen LogP contribution in [0.5, 0.6) is 11.5 Å². The van der Waals surface area contributed by atoms with Crippen molar-refractivity contribution in [1.29, 1.82) is 0 Å². The molecule has 0 heterocycles. The van der Waals surface area contributed by atoms with Gasteiger partial charge in [-0.15, -0.1) is 0 Å². The Balaban J connectivity index is 1.73. The van der Waals surface area contributed by atoms with Gasteiger partial charge in [-0.05, 0) is 49.6 Å². The molecule has 0 saturated heterocycles. The van der Waals surface area contributed by atoms with E-state index < -0.39 is 0 Å². The molecule has 0 N–H and O–H groups in total. The van der Waals surface area contributed by atoms with E-state index >= 15 is 0 Å². The first-order valence-electron chi connectivity index (χ1n) is 8.71. The highest BCUT2D eigenvalue weighted by Crippen LogP contribution is 2.20. The highest BCUT2D eigenvalue weighted by Gasteiger charge is 2.04. The smallest absolute Gasteiger partial charge is 0.120 e. The standard InChI is InChI=1S/C21H28O2/c1-3-4-5-7-10-18(2)23-21-15-13-20(14-16-21)22-17-19-11-8-6-9-12-19/h6,8-9,11-16,18H,3-5,7,10,17H2,1-2H3/t18-/m0/s1. The zero-order chi connectivity index (χ0) is 16.3. The third-order valence-corrected chi connectivity index (χ3v) is 3.87. The second-order valence-electron chi connectivity index (χ2n) is 6.02. The van der Waals surface area contributed by atoms with Crippen molar-refractivity contribution in [3.05, 3.63) is 60.2 Å². The maximum Gasteiger partial charge on any atom is 0.120 e. The van der Waals surface area contributed by atoms with E-state index in [-0.39, 0.29) is 6.10 Å². The van der Waals surface area contributed by atoms with Crippen LogP contribution in [-0.4, -0.2) is 6.10 Å². The second-order valence-corrected chi connectivity index (χ2v) is 6.02. The van der Waals surface area contributed by atoms with Crippen molar-refractivity contribution < 1.29 is 9.47 Å². The van der Waals surface area contributed by atoms with Crippen molar-refractivity contribution in [3.63, 3.8) is 0 Å². The van der Waals surface area contributed by atoms with E-state index in [1.807, 2.05) is 42.5 Å². The van der Waals surface area contributed by atoms with Gasteiger partial charge in [0.05, 0.1) is 6.10 Å². The zero-order valence-electron chi connectivity index (χ0n) is 14.3. The van der Waals surface area contributed by atoms with E-state index in [2.05, 4.69) is 26.0 Å². The number of benzene rings is 2. The molecule has 0 aliphatic heterocycles. The van der Waals surface area contributed by atoms with Crippen LogP contribution in [0.2, 0.25) is 0 Å². The first kappa shape index (κ1) is 17.4. The Morgan fingerprint density at radius 3 is 2.22 bits per heavy atom. The number of hydrogen-bond acceptors (Lipinski definition) is 2. The van der Waals surface area contributed by atoms with Crippen molar-refractivity contribution in [3.8, 4) is 11.5 Å². The Bertz CT molecular complexity index is 534. The third kappa shape index (κ3) is 6.77. The van der Waals surface area contributed by atoms with Gasteiger partial charge < -0.3 is 9.47 Å². The Kier molecular flexibility index (Phi) is 7.51. The topological polar surface area (TPSA) is 18.5 Å². The van der Waals surface area contributed by atoms with E-state index in [9.17, 15) is 0 Å². The van der Waals surface area contributed by atoms with Gasteiger partial charge in [-0.2, -0.15) is 0 Å². The van der Waals surface area contributed by atoms with Crippen LogP contribution in [0, 0.1) is 0 Å². The minimum Gasteiger partial charge on any atom is -0.491 e. The Labute approximate surface area is 140 Å². The molecule has 2 rings (SSSR count). The molecule has 0 aromatic heterocycles. The van der Waals surface area contributed by atoms with Crippen LogP contribution in [-0.2, 0) is 6.61 Å². The van der Waals surface area contributed by atoms with E-state index in [1.54, 1.807) is 0 Å². The molecule has 0 saturated carbocycles. The SMILES string of the molecule is CCCCCC[C@H](C)Oc1ccc(OCc2ccccc2)cc1. The van der Waals surface area contributed by atoms with Gasteiger partial charge >= 0.3 is 0 Å². The first-order chi connectivity index (χ1) is 11.3. The fourth-order valence-electron chi connectivity index (χ4n) is 2.51. The summed E-state index contributed by atoms with van der Waals surface area (Å²) in [4.78, 5) is 0. The van der Waals surface area contributed by atoms with Gasteiger partial charge in [-0.1, -0.05) is 56.5 Å². The zero-order valence-corrected chi connectivity index (χ0v) is 14.3. The molecule has 1 atom stereocenters. The largest absolute Gasteiger partial charge is 0.491 e. The summed E-state index contributed by atoms with van der Waals surface area (Å²) in [5, 5.41) is 0. The molecule has 0 fully saturated rings. The molecular weight excluding hydrogens is 284 g/mol. The summed E-state index contributed by atoms with van der Waals surface area (Å²) in [7, 11) is 0. The molecule has 0 unspecified atom stereocenters. The number of unbranched alkanes of at least 4 members (excludes halogenated alkanes) is 3. The molecular formula is C21H28O2. The molecule has 0 aliphatic rings. The van der Waals surface area contributed by atoms with Crippen molar-refractivity contribution >= 4 is 0 Å². The summed E-state index contributed by atoms with van der Waals surface area (Å²) in [6, 6.07) is 18.1. The monoisotopic (exact) mass is 312 g/mol. The Morgan fingerprint density at radius 1 is 0.826 bits per heavy atom. The molecule has 0 spiro atoms. The van der Waals surface area contributed by atoms with E-state index in [0.29, 0.717) is 6.61 Å². The minimum absolute atomic E-state index is 0.267. The molecule has 2 heteroatoms. The lowest BCUT2D eigenvalue weighted by atomic mass is 10.1. The molecule has 23 heavy (non-hydrogen) atoms. The van der Waals surface area contributed by atoms with Crippen molar-refractivity contribution in [2.24, 2.45) is 0 Å². The van der Waals surface area contributed by atoms with Crippen molar-refractivity contribution in [1.82, 2.24) is 0 Å². The fraction of sp³-hybridized carbons (Fsp3) is 0.429. The van der Waals surface area contributed by atoms with Gasteiger partial charge in [0.15, 0.2) is 0 Å². The lowest BCUT2D eigenvalue weighted by Gasteiger charge is -2.15. The predicted octanol–water partition coefficient (Wildman–Crippen LogP) is 6.00. The van der Waals surface area contributed by atoms with Crippen LogP contribution < -0.4 is 9.47 Å². The van der Waals surface area contributed by atoms with Gasteiger partial charge in [-0.3, -0.25) is 0 Å². The van der Waals surface area contributed by atoms with Crippen LogP contribution in [0.1, 0.15) is 51.5 Å². The Morgan fingerprint density at radius 2 is 1.52 bits per heavy atom. The number of rotatable bonds is 10. The summed E-state index contributed by atoms with van der Waals surface area (Å²) in [5.41, 5.74) is 1.17. The van der Waals surface area contributed by atoms with E-state index in [0.717, 1.165) is 17.9 Å². The predicted molar refractivity (Wildman–Crippen MR) is 96.1 cm³/mol.